The van der Waals surface area contributed by atoms with Crippen molar-refractivity contribution in [1.29, 1.82) is 0 Å². The molecule has 2 rings (SSSR count). The number of benzene rings is 1. The average Bonchev–Trinajstić information content (AvgIpc) is 2.94. The topological polar surface area (TPSA) is 68.3 Å². The van der Waals surface area contributed by atoms with Crippen molar-refractivity contribution in [2.45, 2.75) is 32.2 Å². The first-order valence-electron chi connectivity index (χ1n) is 7.42. The smallest absolute Gasteiger partial charge is 0.220 e. The van der Waals surface area contributed by atoms with Crippen molar-refractivity contribution in [3.63, 3.8) is 0 Å². The summed E-state index contributed by atoms with van der Waals surface area (Å²) in [5.74, 6) is 0.785. The lowest BCUT2D eigenvalue weighted by Crippen LogP contribution is -2.29. The first-order chi connectivity index (χ1) is 10.6. The molecule has 1 unspecified atom stereocenters. The zero-order valence-corrected chi connectivity index (χ0v) is 13.9. The van der Waals surface area contributed by atoms with Gasteiger partial charge in [-0.2, -0.15) is 0 Å². The molecule has 0 radical (unpaired) electrons. The zero-order chi connectivity index (χ0) is 15.9. The van der Waals surface area contributed by atoms with Crippen LogP contribution in [0.2, 0.25) is 0 Å². The Morgan fingerprint density at radius 2 is 2.04 bits per heavy atom. The minimum absolute atomic E-state index is 0. The zero-order valence-electron chi connectivity index (χ0n) is 13.0. The van der Waals surface area contributed by atoms with Crippen LogP contribution in [0.3, 0.4) is 0 Å². The number of nitrogens with one attached hydrogen (secondary N) is 1. The van der Waals surface area contributed by atoms with Crippen LogP contribution in [0, 0.1) is 5.82 Å². The summed E-state index contributed by atoms with van der Waals surface area (Å²) < 4.78 is 19.3. The summed E-state index contributed by atoms with van der Waals surface area (Å²) in [6.07, 6.45) is 1.57. The van der Waals surface area contributed by atoms with Gasteiger partial charge in [0, 0.05) is 25.4 Å². The number of aryl methyl sites for hydroxylation is 1. The van der Waals surface area contributed by atoms with Crippen LogP contribution in [0.15, 0.2) is 40.8 Å². The van der Waals surface area contributed by atoms with E-state index in [0.29, 0.717) is 36.5 Å². The second-order valence-electron chi connectivity index (χ2n) is 5.36. The molecule has 1 amide bonds. The highest BCUT2D eigenvalue weighted by Crippen LogP contribution is 2.25. The Kier molecular flexibility index (Phi) is 7.78. The van der Waals surface area contributed by atoms with Gasteiger partial charge >= 0.3 is 0 Å². The van der Waals surface area contributed by atoms with Crippen molar-refractivity contribution in [1.82, 2.24) is 5.32 Å². The molecule has 6 heteroatoms. The molecular weight excluding hydrogens is 319 g/mol. The summed E-state index contributed by atoms with van der Waals surface area (Å²) in [5, 5.41) is 2.81. The van der Waals surface area contributed by atoms with E-state index in [1.807, 2.05) is 6.92 Å². The normalized spacial score (nSPS) is 11.6. The van der Waals surface area contributed by atoms with Gasteiger partial charge in [-0.3, -0.25) is 4.79 Å². The Morgan fingerprint density at radius 1 is 1.30 bits per heavy atom. The molecule has 23 heavy (non-hydrogen) atoms. The minimum Gasteiger partial charge on any atom is -0.461 e. The highest BCUT2D eigenvalue weighted by atomic mass is 35.5. The second kappa shape index (κ2) is 9.33. The van der Waals surface area contributed by atoms with E-state index in [0.717, 1.165) is 6.42 Å². The number of amides is 1. The molecule has 1 heterocycles. The molecule has 1 atom stereocenters. The predicted molar refractivity (Wildman–Crippen MR) is 90.9 cm³/mol. The Bertz CT molecular complexity index is 629. The third-order valence-corrected chi connectivity index (χ3v) is 3.32. The first kappa shape index (κ1) is 19.2. The van der Waals surface area contributed by atoms with Crippen LogP contribution >= 0.6 is 12.4 Å². The highest BCUT2D eigenvalue weighted by Gasteiger charge is 2.10. The van der Waals surface area contributed by atoms with E-state index in [-0.39, 0.29) is 30.2 Å². The van der Waals surface area contributed by atoms with Crippen molar-refractivity contribution >= 4 is 18.3 Å². The van der Waals surface area contributed by atoms with Crippen molar-refractivity contribution in [3.05, 3.63) is 48.0 Å². The molecule has 0 spiro atoms. The monoisotopic (exact) mass is 340 g/mol. The lowest BCUT2D eigenvalue weighted by molar-refractivity contribution is -0.121. The Morgan fingerprint density at radius 3 is 2.74 bits per heavy atom. The van der Waals surface area contributed by atoms with Crippen LogP contribution in [0.5, 0.6) is 0 Å². The van der Waals surface area contributed by atoms with E-state index >= 15 is 0 Å². The summed E-state index contributed by atoms with van der Waals surface area (Å²) >= 11 is 0. The van der Waals surface area contributed by atoms with Gasteiger partial charge < -0.3 is 15.5 Å². The van der Waals surface area contributed by atoms with Gasteiger partial charge in [0.25, 0.3) is 0 Å². The maximum absolute atomic E-state index is 13.7. The van der Waals surface area contributed by atoms with Crippen LogP contribution in [0.25, 0.3) is 11.3 Å². The van der Waals surface area contributed by atoms with Crippen LogP contribution in [0.4, 0.5) is 4.39 Å². The summed E-state index contributed by atoms with van der Waals surface area (Å²) in [7, 11) is 0. The van der Waals surface area contributed by atoms with E-state index in [2.05, 4.69) is 5.32 Å². The molecular formula is C17H22ClFN2O2. The first-order valence-corrected chi connectivity index (χ1v) is 7.42. The van der Waals surface area contributed by atoms with Crippen LogP contribution < -0.4 is 11.1 Å². The summed E-state index contributed by atoms with van der Waals surface area (Å²) in [4.78, 5) is 11.7. The molecule has 0 aliphatic carbocycles. The fourth-order valence-corrected chi connectivity index (χ4v) is 2.08. The van der Waals surface area contributed by atoms with Gasteiger partial charge in [-0.05, 0) is 37.6 Å². The number of carbonyl (C=O) groups is 1. The fourth-order valence-electron chi connectivity index (χ4n) is 2.08. The average molecular weight is 341 g/mol. The van der Waals surface area contributed by atoms with Crippen molar-refractivity contribution in [2.24, 2.45) is 5.73 Å². The third-order valence-electron chi connectivity index (χ3n) is 3.32. The Balaban J connectivity index is 0.00000264. The van der Waals surface area contributed by atoms with Gasteiger partial charge in [-0.1, -0.05) is 12.1 Å². The molecule has 0 aliphatic heterocycles. The van der Waals surface area contributed by atoms with Gasteiger partial charge in [0.05, 0.1) is 5.56 Å². The van der Waals surface area contributed by atoms with Crippen LogP contribution in [-0.2, 0) is 11.2 Å². The highest BCUT2D eigenvalue weighted by molar-refractivity contribution is 5.85. The molecule has 2 aromatic rings. The predicted octanol–water partition coefficient (Wildman–Crippen LogP) is 3.29. The minimum atomic E-state index is -0.322. The van der Waals surface area contributed by atoms with Crippen molar-refractivity contribution < 1.29 is 13.6 Å². The quantitative estimate of drug-likeness (QED) is 0.812. The largest absolute Gasteiger partial charge is 0.461 e. The summed E-state index contributed by atoms with van der Waals surface area (Å²) in [6, 6.07) is 10.0. The van der Waals surface area contributed by atoms with E-state index in [4.69, 9.17) is 10.2 Å². The number of hydrogen-bond acceptors (Lipinski definition) is 3. The number of nitrogens with two attached hydrogens (primary N) is 1. The number of halogens is 2. The Hall–Kier alpha value is -1.85. The lowest BCUT2D eigenvalue weighted by atomic mass is 10.1. The molecule has 1 aromatic heterocycles. The van der Waals surface area contributed by atoms with Crippen LogP contribution in [0.1, 0.15) is 25.5 Å². The maximum Gasteiger partial charge on any atom is 0.220 e. The van der Waals surface area contributed by atoms with Gasteiger partial charge in [-0.15, -0.1) is 12.4 Å². The van der Waals surface area contributed by atoms with E-state index in [1.165, 1.54) is 6.07 Å². The van der Waals surface area contributed by atoms with Gasteiger partial charge in [0.15, 0.2) is 0 Å². The van der Waals surface area contributed by atoms with Crippen molar-refractivity contribution in [2.75, 3.05) is 6.54 Å². The van der Waals surface area contributed by atoms with Gasteiger partial charge in [0.1, 0.15) is 17.3 Å². The number of hydrogen-bond donors (Lipinski definition) is 2. The second-order valence-corrected chi connectivity index (χ2v) is 5.36. The van der Waals surface area contributed by atoms with Gasteiger partial charge in [-0.25, -0.2) is 4.39 Å². The molecule has 126 valence electrons. The summed E-state index contributed by atoms with van der Waals surface area (Å²) in [5.41, 5.74) is 6.04. The molecule has 0 saturated heterocycles. The molecule has 3 N–H and O–H groups in total. The molecule has 0 fully saturated rings. The number of furan rings is 1. The third kappa shape index (κ3) is 6.04. The summed E-state index contributed by atoms with van der Waals surface area (Å²) in [6.45, 7) is 2.48. The lowest BCUT2D eigenvalue weighted by Gasteiger charge is -2.06. The maximum atomic E-state index is 13.7. The fraction of sp³-hybridized carbons (Fsp3) is 0.353. The van der Waals surface area contributed by atoms with E-state index < -0.39 is 0 Å². The standard InChI is InChI=1S/C17H21FN2O2.ClH/c1-12(19)10-11-20-17(21)9-7-13-6-8-16(22-13)14-4-2-3-5-15(14)18;/h2-6,8,12H,7,9-11,19H2,1H3,(H,20,21);1H. The SMILES string of the molecule is CC(N)CCNC(=O)CCc1ccc(-c2ccccc2F)o1.Cl. The van der Waals surface area contributed by atoms with Crippen molar-refractivity contribution in [3.8, 4) is 11.3 Å². The number of carbonyl (C=O) groups excluding carboxylic acids is 1. The van der Waals surface area contributed by atoms with Gasteiger partial charge in [0.2, 0.25) is 5.91 Å². The molecule has 0 aliphatic rings. The molecule has 0 saturated carbocycles. The van der Waals surface area contributed by atoms with E-state index in [1.54, 1.807) is 30.3 Å². The number of rotatable bonds is 7. The molecule has 4 nitrogen and oxygen atoms in total. The molecule has 1 aromatic carbocycles. The van der Waals surface area contributed by atoms with Crippen LogP contribution in [-0.4, -0.2) is 18.5 Å². The van der Waals surface area contributed by atoms with E-state index in [9.17, 15) is 9.18 Å². The molecule has 0 bridgehead atoms. The Labute approximate surface area is 141 Å².